The van der Waals surface area contributed by atoms with Gasteiger partial charge >= 0.3 is 0 Å². The van der Waals surface area contributed by atoms with E-state index in [1.54, 1.807) is 11.0 Å². The molecule has 0 spiro atoms. The normalized spacial score (nSPS) is 18.2. The lowest BCUT2D eigenvalue weighted by Gasteiger charge is -2.33. The number of hydrogen-bond donors (Lipinski definition) is 2. The second kappa shape index (κ2) is 8.33. The molecular formula is C24H26FN3O4. The summed E-state index contributed by atoms with van der Waals surface area (Å²) in [5, 5.41) is 2.81. The van der Waals surface area contributed by atoms with Crippen molar-refractivity contribution in [2.24, 2.45) is 5.41 Å². The molecule has 2 amide bonds. The van der Waals surface area contributed by atoms with Gasteiger partial charge in [0.15, 0.2) is 5.78 Å². The Labute approximate surface area is 185 Å². The number of carbonyl (C=O) groups excluding carboxylic acids is 3. The zero-order valence-electron chi connectivity index (χ0n) is 18.2. The van der Waals surface area contributed by atoms with Gasteiger partial charge in [-0.3, -0.25) is 19.2 Å². The molecule has 0 unspecified atom stereocenters. The van der Waals surface area contributed by atoms with Crippen LogP contribution in [0.15, 0.2) is 35.1 Å². The first kappa shape index (κ1) is 21.9. The molecule has 0 radical (unpaired) electrons. The number of fused-ring (bicyclic) bond motifs is 1. The Bertz CT molecular complexity index is 1150. The topological polar surface area (TPSA) is 99.3 Å². The van der Waals surface area contributed by atoms with E-state index < -0.39 is 23.2 Å². The molecule has 1 fully saturated rings. The highest BCUT2D eigenvalue weighted by molar-refractivity contribution is 6.02. The number of halogens is 1. The number of aromatic amines is 1. The first-order valence-corrected chi connectivity index (χ1v) is 10.8. The highest BCUT2D eigenvalue weighted by Gasteiger charge is 2.34. The van der Waals surface area contributed by atoms with Crippen LogP contribution in [0.4, 0.5) is 4.39 Å². The van der Waals surface area contributed by atoms with E-state index in [0.717, 1.165) is 0 Å². The molecule has 1 aliphatic heterocycles. The van der Waals surface area contributed by atoms with Crippen LogP contribution in [0.3, 0.4) is 0 Å². The van der Waals surface area contributed by atoms with Gasteiger partial charge in [0.2, 0.25) is 0 Å². The lowest BCUT2D eigenvalue weighted by Crippen LogP contribution is -2.47. The van der Waals surface area contributed by atoms with Crippen LogP contribution in [0.5, 0.6) is 0 Å². The maximum Gasteiger partial charge on any atom is 0.261 e. The van der Waals surface area contributed by atoms with Crippen LogP contribution in [0.25, 0.3) is 0 Å². The number of benzene rings is 1. The number of rotatable bonds is 3. The summed E-state index contributed by atoms with van der Waals surface area (Å²) in [5.74, 6) is -1.57. The summed E-state index contributed by atoms with van der Waals surface area (Å²) >= 11 is 0. The highest BCUT2D eigenvalue weighted by Crippen LogP contribution is 2.33. The van der Waals surface area contributed by atoms with Gasteiger partial charge in [-0.25, -0.2) is 4.39 Å². The van der Waals surface area contributed by atoms with Crippen LogP contribution in [0.1, 0.15) is 69.9 Å². The Balaban J connectivity index is 1.42. The van der Waals surface area contributed by atoms with Crippen LogP contribution >= 0.6 is 0 Å². The van der Waals surface area contributed by atoms with Gasteiger partial charge in [0.25, 0.3) is 17.4 Å². The molecule has 0 saturated carbocycles. The van der Waals surface area contributed by atoms with Crippen molar-refractivity contribution in [2.75, 3.05) is 13.1 Å². The van der Waals surface area contributed by atoms with Gasteiger partial charge in [0.1, 0.15) is 11.4 Å². The molecule has 1 aliphatic carbocycles. The number of aromatic nitrogens is 1. The third-order valence-electron chi connectivity index (χ3n) is 6.18. The second-order valence-corrected chi connectivity index (χ2v) is 9.37. The standard InChI is InChI=1S/C24H26FN3O4/c1-24(2)12-19-16(20(29)13-24)11-17(22(31)27-19)23(32)28-9-7-14(8-10-28)26-21(30)15-5-3-4-6-18(15)25/h3-6,11,14H,7-10,12-13H2,1-2H3,(H,26,30)(H,27,31). The van der Waals surface area contributed by atoms with Crippen LogP contribution < -0.4 is 10.9 Å². The SMILES string of the molecule is CC1(C)CC(=O)c2cc(C(=O)N3CCC(NC(=O)c4ccccc4F)CC3)c(=O)[nH]c2C1. The molecule has 4 rings (SSSR count). The lowest BCUT2D eigenvalue weighted by molar-refractivity contribution is 0.0696. The Morgan fingerprint density at radius 3 is 2.47 bits per heavy atom. The Hall–Kier alpha value is -3.29. The molecular weight excluding hydrogens is 413 g/mol. The largest absolute Gasteiger partial charge is 0.349 e. The third kappa shape index (κ3) is 4.35. The fourth-order valence-electron chi connectivity index (χ4n) is 4.49. The fourth-order valence-corrected chi connectivity index (χ4v) is 4.49. The highest BCUT2D eigenvalue weighted by atomic mass is 19.1. The van der Waals surface area contributed by atoms with Crippen molar-refractivity contribution >= 4 is 17.6 Å². The van der Waals surface area contributed by atoms with Crippen LogP contribution in [-0.4, -0.2) is 46.6 Å². The van der Waals surface area contributed by atoms with Gasteiger partial charge in [-0.1, -0.05) is 26.0 Å². The van der Waals surface area contributed by atoms with Gasteiger partial charge in [-0.15, -0.1) is 0 Å². The molecule has 1 aromatic heterocycles. The van der Waals surface area contributed by atoms with E-state index in [0.29, 0.717) is 50.0 Å². The molecule has 0 bridgehead atoms. The van der Waals surface area contributed by atoms with Crippen molar-refractivity contribution in [3.8, 4) is 0 Å². The minimum Gasteiger partial charge on any atom is -0.349 e. The molecule has 7 nitrogen and oxygen atoms in total. The van der Waals surface area contributed by atoms with Crippen LogP contribution in [-0.2, 0) is 6.42 Å². The second-order valence-electron chi connectivity index (χ2n) is 9.37. The summed E-state index contributed by atoms with van der Waals surface area (Å²) in [7, 11) is 0. The molecule has 1 aromatic carbocycles. The molecule has 2 heterocycles. The van der Waals surface area contributed by atoms with Crippen molar-refractivity contribution in [3.05, 3.63) is 68.9 Å². The Kier molecular flexibility index (Phi) is 5.71. The summed E-state index contributed by atoms with van der Waals surface area (Å²) < 4.78 is 13.8. The van der Waals surface area contributed by atoms with Gasteiger partial charge < -0.3 is 15.2 Å². The molecule has 1 saturated heterocycles. The molecule has 0 atom stereocenters. The molecule has 168 valence electrons. The number of hydrogen-bond acceptors (Lipinski definition) is 4. The van der Waals surface area contributed by atoms with E-state index >= 15 is 0 Å². The number of carbonyl (C=O) groups is 3. The van der Waals surface area contributed by atoms with Crippen LogP contribution in [0.2, 0.25) is 0 Å². The van der Waals surface area contributed by atoms with Gasteiger partial charge in [0, 0.05) is 36.8 Å². The average Bonchev–Trinajstić information content (AvgIpc) is 2.73. The van der Waals surface area contributed by atoms with Crippen molar-refractivity contribution < 1.29 is 18.8 Å². The number of nitrogens with zero attached hydrogens (tertiary/aromatic N) is 1. The number of nitrogens with one attached hydrogen (secondary N) is 2. The number of ketones is 1. The quantitative estimate of drug-likeness (QED) is 0.768. The summed E-state index contributed by atoms with van der Waals surface area (Å²) in [5.41, 5.74) is 0.231. The smallest absolute Gasteiger partial charge is 0.261 e. The number of Topliss-reactive ketones (excluding diaryl/α,β-unsaturated/α-hetero) is 1. The minimum absolute atomic E-state index is 0.0144. The van der Waals surface area contributed by atoms with Crippen molar-refractivity contribution in [2.45, 2.75) is 45.6 Å². The molecule has 2 aliphatic rings. The molecule has 2 N–H and O–H groups in total. The zero-order chi connectivity index (χ0) is 23.0. The summed E-state index contributed by atoms with van der Waals surface area (Å²) in [6.45, 7) is 4.64. The van der Waals surface area contributed by atoms with Gasteiger partial charge in [-0.2, -0.15) is 0 Å². The number of amides is 2. The number of H-pyrrole nitrogens is 1. The fraction of sp³-hybridized carbons (Fsp3) is 0.417. The maximum absolute atomic E-state index is 13.8. The van der Waals surface area contributed by atoms with Crippen molar-refractivity contribution in [1.82, 2.24) is 15.2 Å². The summed E-state index contributed by atoms with van der Waals surface area (Å²) in [6.07, 6.45) is 1.92. The summed E-state index contributed by atoms with van der Waals surface area (Å²) in [6, 6.07) is 7.01. The van der Waals surface area contributed by atoms with E-state index in [9.17, 15) is 23.6 Å². The zero-order valence-corrected chi connectivity index (χ0v) is 18.2. The molecule has 32 heavy (non-hydrogen) atoms. The first-order valence-electron chi connectivity index (χ1n) is 10.8. The van der Waals surface area contributed by atoms with Gasteiger partial charge in [0.05, 0.1) is 5.56 Å². The number of pyridine rings is 1. The maximum atomic E-state index is 13.8. The van der Waals surface area contributed by atoms with Gasteiger partial charge in [-0.05, 0) is 42.9 Å². The Morgan fingerprint density at radius 2 is 1.78 bits per heavy atom. The predicted molar refractivity (Wildman–Crippen MR) is 116 cm³/mol. The summed E-state index contributed by atoms with van der Waals surface area (Å²) in [4.78, 5) is 54.7. The monoisotopic (exact) mass is 439 g/mol. The minimum atomic E-state index is -0.581. The van der Waals surface area contributed by atoms with Crippen molar-refractivity contribution in [3.63, 3.8) is 0 Å². The van der Waals surface area contributed by atoms with E-state index in [4.69, 9.17) is 0 Å². The lowest BCUT2D eigenvalue weighted by atomic mass is 9.75. The van der Waals surface area contributed by atoms with E-state index in [2.05, 4.69) is 10.3 Å². The first-order chi connectivity index (χ1) is 15.1. The third-order valence-corrected chi connectivity index (χ3v) is 6.18. The van der Waals surface area contributed by atoms with E-state index in [-0.39, 0.29) is 28.4 Å². The van der Waals surface area contributed by atoms with Crippen molar-refractivity contribution in [1.29, 1.82) is 0 Å². The predicted octanol–water partition coefficient (Wildman–Crippen LogP) is 2.70. The average molecular weight is 439 g/mol. The molecule has 2 aromatic rings. The molecule has 8 heteroatoms. The number of piperidine rings is 1. The number of likely N-dealkylation sites (tertiary alicyclic amines) is 1. The van der Waals surface area contributed by atoms with E-state index in [1.165, 1.54) is 24.3 Å². The van der Waals surface area contributed by atoms with E-state index in [1.807, 2.05) is 13.8 Å². The Morgan fingerprint density at radius 1 is 1.09 bits per heavy atom. The van der Waals surface area contributed by atoms with Crippen LogP contribution in [0, 0.1) is 11.2 Å².